The predicted octanol–water partition coefficient (Wildman–Crippen LogP) is 6.09. The van der Waals surface area contributed by atoms with Crippen molar-refractivity contribution in [2.24, 2.45) is 0 Å². The second-order valence-electron chi connectivity index (χ2n) is 5.71. The van der Waals surface area contributed by atoms with Crippen LogP contribution >= 0.6 is 11.6 Å². The Labute approximate surface area is 117 Å². The largest absolute Gasteiger partial charge is 0.363 e. The summed E-state index contributed by atoms with van der Waals surface area (Å²) in [5.41, 5.74) is 1.59. The SMILES string of the molecule is CCCCCCC(C)(CCCC)c1cc(Cl)c[nH]1. The van der Waals surface area contributed by atoms with Gasteiger partial charge in [-0.15, -0.1) is 0 Å². The van der Waals surface area contributed by atoms with Crippen molar-refractivity contribution < 1.29 is 0 Å². The second kappa shape index (κ2) is 7.89. The van der Waals surface area contributed by atoms with Crippen LogP contribution in [-0.2, 0) is 5.41 Å². The number of nitrogens with one attached hydrogen (secondary N) is 1. The molecule has 1 rings (SSSR count). The van der Waals surface area contributed by atoms with Gasteiger partial charge in [-0.05, 0) is 18.9 Å². The van der Waals surface area contributed by atoms with E-state index in [0.717, 1.165) is 5.02 Å². The van der Waals surface area contributed by atoms with Gasteiger partial charge in [0, 0.05) is 17.3 Å². The monoisotopic (exact) mass is 269 g/mol. The van der Waals surface area contributed by atoms with Crippen LogP contribution in [0.2, 0.25) is 5.02 Å². The van der Waals surface area contributed by atoms with Crippen LogP contribution in [0, 0.1) is 0 Å². The van der Waals surface area contributed by atoms with Crippen LogP contribution in [0.5, 0.6) is 0 Å². The minimum atomic E-state index is 0.275. The maximum absolute atomic E-state index is 6.05. The van der Waals surface area contributed by atoms with Gasteiger partial charge in [0.25, 0.3) is 0 Å². The second-order valence-corrected chi connectivity index (χ2v) is 6.14. The number of halogens is 1. The first-order valence-corrected chi connectivity index (χ1v) is 7.84. The molecule has 0 aromatic carbocycles. The van der Waals surface area contributed by atoms with Crippen LogP contribution in [0.15, 0.2) is 12.3 Å². The highest BCUT2D eigenvalue weighted by molar-refractivity contribution is 6.30. The molecule has 0 radical (unpaired) electrons. The Morgan fingerprint density at radius 1 is 1.06 bits per heavy atom. The number of rotatable bonds is 9. The number of H-pyrrole nitrogens is 1. The predicted molar refractivity (Wildman–Crippen MR) is 81.4 cm³/mol. The van der Waals surface area contributed by atoms with E-state index in [1.165, 1.54) is 57.1 Å². The van der Waals surface area contributed by atoms with Crippen LogP contribution in [0.3, 0.4) is 0 Å². The maximum Gasteiger partial charge on any atom is 0.0583 e. The maximum atomic E-state index is 6.05. The molecular formula is C16H28ClN. The molecule has 0 amide bonds. The molecule has 2 heteroatoms. The number of hydrogen-bond donors (Lipinski definition) is 1. The first kappa shape index (κ1) is 15.6. The fraction of sp³-hybridized carbons (Fsp3) is 0.750. The summed E-state index contributed by atoms with van der Waals surface area (Å²) in [5.74, 6) is 0. The van der Waals surface area contributed by atoms with Crippen molar-refractivity contribution in [2.45, 2.75) is 77.6 Å². The molecule has 1 N–H and O–H groups in total. The van der Waals surface area contributed by atoms with Gasteiger partial charge >= 0.3 is 0 Å². The number of unbranched alkanes of at least 4 members (excludes halogenated alkanes) is 4. The van der Waals surface area contributed by atoms with Crippen molar-refractivity contribution in [3.05, 3.63) is 23.0 Å². The van der Waals surface area contributed by atoms with Crippen molar-refractivity contribution in [1.82, 2.24) is 4.98 Å². The van der Waals surface area contributed by atoms with E-state index in [2.05, 4.69) is 31.8 Å². The van der Waals surface area contributed by atoms with Crippen LogP contribution < -0.4 is 0 Å². The van der Waals surface area contributed by atoms with Gasteiger partial charge in [-0.2, -0.15) is 0 Å². The molecule has 0 saturated carbocycles. The van der Waals surface area contributed by atoms with Crippen molar-refractivity contribution >= 4 is 11.6 Å². The molecule has 0 bridgehead atoms. The molecule has 0 saturated heterocycles. The fourth-order valence-corrected chi connectivity index (χ4v) is 2.78. The lowest BCUT2D eigenvalue weighted by atomic mass is 9.77. The Morgan fingerprint density at radius 3 is 2.28 bits per heavy atom. The molecule has 104 valence electrons. The van der Waals surface area contributed by atoms with Crippen molar-refractivity contribution in [2.75, 3.05) is 0 Å². The molecule has 18 heavy (non-hydrogen) atoms. The van der Waals surface area contributed by atoms with Gasteiger partial charge in [0.15, 0.2) is 0 Å². The van der Waals surface area contributed by atoms with Gasteiger partial charge in [-0.3, -0.25) is 0 Å². The quantitative estimate of drug-likeness (QED) is 0.523. The zero-order valence-corrected chi connectivity index (χ0v) is 12.9. The topological polar surface area (TPSA) is 15.8 Å². The molecule has 0 spiro atoms. The lowest BCUT2D eigenvalue weighted by Crippen LogP contribution is -2.22. The Bertz CT molecular complexity index is 332. The van der Waals surface area contributed by atoms with Crippen molar-refractivity contribution in [1.29, 1.82) is 0 Å². The molecule has 0 fully saturated rings. The summed E-state index contributed by atoms with van der Waals surface area (Å²) >= 11 is 6.05. The van der Waals surface area contributed by atoms with Crippen LogP contribution in [-0.4, -0.2) is 4.98 Å². The smallest absolute Gasteiger partial charge is 0.0583 e. The molecule has 0 aliphatic carbocycles. The highest BCUT2D eigenvalue weighted by Crippen LogP contribution is 2.35. The summed E-state index contributed by atoms with van der Waals surface area (Å²) < 4.78 is 0. The van der Waals surface area contributed by atoms with Gasteiger partial charge in [-0.25, -0.2) is 0 Å². The summed E-state index contributed by atoms with van der Waals surface area (Å²) in [7, 11) is 0. The van der Waals surface area contributed by atoms with Crippen LogP contribution in [0.1, 0.15) is 77.8 Å². The lowest BCUT2D eigenvalue weighted by Gasteiger charge is -2.29. The molecule has 1 aromatic rings. The Hall–Kier alpha value is -0.430. The van der Waals surface area contributed by atoms with Gasteiger partial charge in [0.2, 0.25) is 0 Å². The number of hydrogen-bond acceptors (Lipinski definition) is 0. The average molecular weight is 270 g/mol. The Kier molecular flexibility index (Phi) is 6.85. The summed E-state index contributed by atoms with van der Waals surface area (Å²) in [6, 6.07) is 2.11. The summed E-state index contributed by atoms with van der Waals surface area (Å²) in [6.07, 6.45) is 12.3. The van der Waals surface area contributed by atoms with Gasteiger partial charge < -0.3 is 4.98 Å². The number of aromatic amines is 1. The van der Waals surface area contributed by atoms with Crippen LogP contribution in [0.4, 0.5) is 0 Å². The summed E-state index contributed by atoms with van der Waals surface area (Å²) in [4.78, 5) is 3.36. The first-order chi connectivity index (χ1) is 8.62. The minimum absolute atomic E-state index is 0.275. The highest BCUT2D eigenvalue weighted by Gasteiger charge is 2.26. The van der Waals surface area contributed by atoms with E-state index in [-0.39, 0.29) is 5.41 Å². The lowest BCUT2D eigenvalue weighted by molar-refractivity contribution is 0.361. The molecule has 1 heterocycles. The zero-order chi connectivity index (χ0) is 13.4. The zero-order valence-electron chi connectivity index (χ0n) is 12.2. The number of aromatic nitrogens is 1. The van der Waals surface area contributed by atoms with E-state index in [0.29, 0.717) is 0 Å². The van der Waals surface area contributed by atoms with E-state index < -0.39 is 0 Å². The minimum Gasteiger partial charge on any atom is -0.363 e. The summed E-state index contributed by atoms with van der Waals surface area (Å²) in [5, 5.41) is 0.835. The Balaban J connectivity index is 2.62. The van der Waals surface area contributed by atoms with Crippen molar-refractivity contribution in [3.63, 3.8) is 0 Å². The standard InChI is InChI=1S/C16H28ClN/c1-4-6-8-9-11-16(3,10-7-5-2)15-12-14(17)13-18-15/h12-13,18H,4-11H2,1-3H3. The summed E-state index contributed by atoms with van der Waals surface area (Å²) in [6.45, 7) is 6.91. The third kappa shape index (κ3) is 4.68. The molecule has 0 aliphatic rings. The van der Waals surface area contributed by atoms with Gasteiger partial charge in [-0.1, -0.05) is 70.9 Å². The van der Waals surface area contributed by atoms with E-state index in [9.17, 15) is 0 Å². The van der Waals surface area contributed by atoms with E-state index in [1.54, 1.807) is 0 Å². The van der Waals surface area contributed by atoms with E-state index in [1.807, 2.05) is 6.20 Å². The molecule has 1 aromatic heterocycles. The third-order valence-electron chi connectivity index (χ3n) is 3.96. The van der Waals surface area contributed by atoms with Crippen molar-refractivity contribution in [3.8, 4) is 0 Å². The molecule has 1 atom stereocenters. The Morgan fingerprint density at radius 2 is 1.72 bits per heavy atom. The highest BCUT2D eigenvalue weighted by atomic mass is 35.5. The van der Waals surface area contributed by atoms with Gasteiger partial charge in [0.1, 0.15) is 0 Å². The molecule has 1 nitrogen and oxygen atoms in total. The third-order valence-corrected chi connectivity index (χ3v) is 4.18. The molecular weight excluding hydrogens is 242 g/mol. The molecule has 0 aliphatic heterocycles. The van der Waals surface area contributed by atoms with Gasteiger partial charge in [0.05, 0.1) is 5.02 Å². The first-order valence-electron chi connectivity index (χ1n) is 7.47. The normalized spacial score (nSPS) is 14.7. The average Bonchev–Trinajstić information content (AvgIpc) is 2.80. The van der Waals surface area contributed by atoms with Crippen LogP contribution in [0.25, 0.3) is 0 Å². The van der Waals surface area contributed by atoms with E-state index in [4.69, 9.17) is 11.6 Å². The molecule has 1 unspecified atom stereocenters. The fourth-order valence-electron chi connectivity index (χ4n) is 2.62. The van der Waals surface area contributed by atoms with E-state index >= 15 is 0 Å².